The fourth-order valence-electron chi connectivity index (χ4n) is 9.44. The standard InChI is InChI=1S/C29H44/c1-19-6-8-22(9-7-19)21(3)25-12-13-26-24-11-10-23-18-20(2)14-16-28(23,4)27(24)15-17-29(25,26)5/h6-9,20-21,23-27H,10-18H2,1-5H3. The lowest BCUT2D eigenvalue weighted by atomic mass is 9.44. The van der Waals surface area contributed by atoms with Gasteiger partial charge in [-0.05, 0) is 116 Å². The smallest absolute Gasteiger partial charge is 0.0157 e. The average Bonchev–Trinajstić information content (AvgIpc) is 3.06. The van der Waals surface area contributed by atoms with Gasteiger partial charge in [-0.15, -0.1) is 0 Å². The summed E-state index contributed by atoms with van der Waals surface area (Å²) in [5.41, 5.74) is 4.22. The van der Waals surface area contributed by atoms with E-state index in [9.17, 15) is 0 Å². The minimum absolute atomic E-state index is 0.580. The van der Waals surface area contributed by atoms with Crippen molar-refractivity contribution in [3.05, 3.63) is 35.4 Å². The van der Waals surface area contributed by atoms with Crippen molar-refractivity contribution in [3.8, 4) is 0 Å². The van der Waals surface area contributed by atoms with Gasteiger partial charge in [0.2, 0.25) is 0 Å². The summed E-state index contributed by atoms with van der Waals surface area (Å²) in [6.07, 6.45) is 13.6. The molecule has 4 fully saturated rings. The Morgan fingerprint density at radius 2 is 1.52 bits per heavy atom. The molecule has 9 unspecified atom stereocenters. The molecule has 0 nitrogen and oxygen atoms in total. The summed E-state index contributed by atoms with van der Waals surface area (Å²) in [5.74, 6) is 6.65. The van der Waals surface area contributed by atoms with Crippen LogP contribution in [-0.4, -0.2) is 0 Å². The maximum Gasteiger partial charge on any atom is -0.0157 e. The maximum absolute atomic E-state index is 2.73. The first-order valence-electron chi connectivity index (χ1n) is 12.9. The Bertz CT molecular complexity index is 731. The van der Waals surface area contributed by atoms with Gasteiger partial charge < -0.3 is 0 Å². The van der Waals surface area contributed by atoms with Crippen LogP contribution in [0.2, 0.25) is 0 Å². The second-order valence-corrected chi connectivity index (χ2v) is 12.5. The number of hydrogen-bond donors (Lipinski definition) is 0. The Balaban J connectivity index is 1.39. The van der Waals surface area contributed by atoms with Gasteiger partial charge in [0.15, 0.2) is 0 Å². The summed E-state index contributed by atoms with van der Waals surface area (Å²) in [4.78, 5) is 0. The van der Waals surface area contributed by atoms with E-state index in [1.165, 1.54) is 56.9 Å². The van der Waals surface area contributed by atoms with E-state index in [1.807, 2.05) is 0 Å². The normalized spacial score (nSPS) is 47.8. The first-order valence-corrected chi connectivity index (χ1v) is 12.9. The Hall–Kier alpha value is -0.780. The molecule has 0 heterocycles. The Morgan fingerprint density at radius 3 is 2.28 bits per heavy atom. The zero-order valence-corrected chi connectivity index (χ0v) is 19.7. The summed E-state index contributed by atoms with van der Waals surface area (Å²) < 4.78 is 0. The molecule has 0 aromatic heterocycles. The van der Waals surface area contributed by atoms with Crippen LogP contribution < -0.4 is 0 Å². The Kier molecular flexibility index (Phi) is 4.95. The van der Waals surface area contributed by atoms with Crippen molar-refractivity contribution < 1.29 is 0 Å². The zero-order chi connectivity index (χ0) is 20.4. The average molecular weight is 393 g/mol. The summed E-state index contributed by atoms with van der Waals surface area (Å²) >= 11 is 0. The molecule has 0 bridgehead atoms. The quantitative estimate of drug-likeness (QED) is 0.474. The molecule has 0 N–H and O–H groups in total. The molecule has 4 saturated carbocycles. The fourth-order valence-corrected chi connectivity index (χ4v) is 9.44. The highest BCUT2D eigenvalue weighted by Gasteiger charge is 2.60. The van der Waals surface area contributed by atoms with Gasteiger partial charge in [0, 0.05) is 0 Å². The molecule has 0 amide bonds. The molecule has 9 atom stereocenters. The molecule has 0 saturated heterocycles. The lowest BCUT2D eigenvalue weighted by Gasteiger charge is -2.61. The van der Waals surface area contributed by atoms with Crippen molar-refractivity contribution in [1.82, 2.24) is 0 Å². The third kappa shape index (κ3) is 3.06. The molecular formula is C29H44. The summed E-state index contributed by atoms with van der Waals surface area (Å²) in [6.45, 7) is 12.7. The van der Waals surface area contributed by atoms with Gasteiger partial charge in [-0.25, -0.2) is 0 Å². The Labute approximate surface area is 180 Å². The Morgan fingerprint density at radius 1 is 0.828 bits per heavy atom. The molecule has 29 heavy (non-hydrogen) atoms. The SMILES string of the molecule is Cc1ccc(C(C)C2CCC3C4CCC5CC(C)CCC5(C)C4CCC23C)cc1. The van der Waals surface area contributed by atoms with Crippen molar-refractivity contribution >= 4 is 0 Å². The van der Waals surface area contributed by atoms with Gasteiger partial charge in [-0.3, -0.25) is 0 Å². The van der Waals surface area contributed by atoms with Crippen LogP contribution in [-0.2, 0) is 0 Å². The van der Waals surface area contributed by atoms with Crippen LogP contribution in [0.5, 0.6) is 0 Å². The second kappa shape index (κ2) is 7.13. The molecule has 0 radical (unpaired) electrons. The first-order chi connectivity index (χ1) is 13.8. The van der Waals surface area contributed by atoms with E-state index in [0.717, 1.165) is 35.5 Å². The van der Waals surface area contributed by atoms with E-state index in [-0.39, 0.29) is 0 Å². The molecule has 5 rings (SSSR count). The number of hydrogen-bond acceptors (Lipinski definition) is 0. The van der Waals surface area contributed by atoms with Gasteiger partial charge in [-0.1, -0.05) is 63.9 Å². The molecule has 1 aromatic rings. The highest BCUT2D eigenvalue weighted by molar-refractivity contribution is 5.26. The topological polar surface area (TPSA) is 0 Å². The van der Waals surface area contributed by atoms with E-state index in [4.69, 9.17) is 0 Å². The van der Waals surface area contributed by atoms with Crippen molar-refractivity contribution in [1.29, 1.82) is 0 Å². The van der Waals surface area contributed by atoms with Crippen molar-refractivity contribution in [2.24, 2.45) is 46.3 Å². The maximum atomic E-state index is 2.73. The van der Waals surface area contributed by atoms with Crippen molar-refractivity contribution in [3.63, 3.8) is 0 Å². The highest BCUT2D eigenvalue weighted by atomic mass is 14.6. The van der Waals surface area contributed by atoms with Crippen LogP contribution in [0.1, 0.15) is 103 Å². The third-order valence-corrected chi connectivity index (χ3v) is 11.2. The van der Waals surface area contributed by atoms with Gasteiger partial charge in [-0.2, -0.15) is 0 Å². The highest BCUT2D eigenvalue weighted by Crippen LogP contribution is 2.69. The van der Waals surface area contributed by atoms with Gasteiger partial charge in [0.05, 0.1) is 0 Å². The van der Waals surface area contributed by atoms with Crippen molar-refractivity contribution in [2.75, 3.05) is 0 Å². The summed E-state index contributed by atoms with van der Waals surface area (Å²) in [7, 11) is 0. The monoisotopic (exact) mass is 392 g/mol. The molecule has 160 valence electrons. The van der Waals surface area contributed by atoms with Gasteiger partial charge in [0.1, 0.15) is 0 Å². The number of benzene rings is 1. The molecule has 1 aromatic carbocycles. The first kappa shape index (κ1) is 20.1. The van der Waals surface area contributed by atoms with Crippen LogP contribution in [0.25, 0.3) is 0 Å². The van der Waals surface area contributed by atoms with E-state index >= 15 is 0 Å². The molecule has 0 spiro atoms. The third-order valence-electron chi connectivity index (χ3n) is 11.2. The number of aryl methyl sites for hydroxylation is 1. The van der Waals surface area contributed by atoms with Crippen LogP contribution in [0.3, 0.4) is 0 Å². The largest absolute Gasteiger partial charge is 0.0625 e. The predicted molar refractivity (Wildman–Crippen MR) is 124 cm³/mol. The van der Waals surface area contributed by atoms with Gasteiger partial charge >= 0.3 is 0 Å². The van der Waals surface area contributed by atoms with E-state index in [1.54, 1.807) is 12.0 Å². The number of fused-ring (bicyclic) bond motifs is 5. The minimum atomic E-state index is 0.580. The number of rotatable bonds is 2. The van der Waals surface area contributed by atoms with Crippen LogP contribution in [0.15, 0.2) is 24.3 Å². The molecular weight excluding hydrogens is 348 g/mol. The van der Waals surface area contributed by atoms with E-state index in [0.29, 0.717) is 16.7 Å². The molecule has 4 aliphatic rings. The summed E-state index contributed by atoms with van der Waals surface area (Å²) in [6, 6.07) is 9.48. The predicted octanol–water partition coefficient (Wildman–Crippen LogP) is 8.39. The van der Waals surface area contributed by atoms with Crippen LogP contribution in [0, 0.1) is 53.3 Å². The summed E-state index contributed by atoms with van der Waals surface area (Å²) in [5, 5.41) is 0. The van der Waals surface area contributed by atoms with Gasteiger partial charge in [0.25, 0.3) is 0 Å². The van der Waals surface area contributed by atoms with E-state index in [2.05, 4.69) is 58.9 Å². The van der Waals surface area contributed by atoms with Crippen LogP contribution in [0.4, 0.5) is 0 Å². The minimum Gasteiger partial charge on any atom is -0.0625 e. The lowest BCUT2D eigenvalue weighted by Crippen LogP contribution is -2.53. The van der Waals surface area contributed by atoms with Crippen LogP contribution >= 0.6 is 0 Å². The lowest BCUT2D eigenvalue weighted by molar-refractivity contribution is -0.118. The molecule has 0 aliphatic heterocycles. The van der Waals surface area contributed by atoms with Crippen molar-refractivity contribution in [2.45, 2.75) is 98.3 Å². The fraction of sp³-hybridized carbons (Fsp3) is 0.793. The second-order valence-electron chi connectivity index (χ2n) is 12.5. The zero-order valence-electron chi connectivity index (χ0n) is 19.7. The van der Waals surface area contributed by atoms with E-state index < -0.39 is 0 Å². The molecule has 0 heteroatoms. The molecule has 4 aliphatic carbocycles.